The second kappa shape index (κ2) is 6.56. The highest BCUT2D eigenvalue weighted by Crippen LogP contribution is 2.34. The molecule has 2 rings (SSSR count). The topological polar surface area (TPSA) is 70.7 Å². The van der Waals surface area contributed by atoms with Crippen LogP contribution in [0.1, 0.15) is 45.4 Å². The Labute approximate surface area is 120 Å². The quantitative estimate of drug-likeness (QED) is 0.856. The van der Waals surface area contributed by atoms with Crippen LogP contribution >= 0.6 is 0 Å². The van der Waals surface area contributed by atoms with Gasteiger partial charge in [-0.3, -0.25) is 4.79 Å². The third-order valence-electron chi connectivity index (χ3n) is 4.03. The molecular weight excluding hydrogens is 252 g/mol. The number of carbonyl (C=O) groups excluding carboxylic acids is 1. The minimum absolute atomic E-state index is 0.00909. The van der Waals surface area contributed by atoms with E-state index in [1.165, 1.54) is 0 Å². The summed E-state index contributed by atoms with van der Waals surface area (Å²) in [6.07, 6.45) is 10.9. The predicted molar refractivity (Wildman–Crippen MR) is 75.6 cm³/mol. The molecule has 0 saturated heterocycles. The van der Waals surface area contributed by atoms with Crippen LogP contribution in [0, 0.1) is 16.7 Å². The normalized spacial score (nSPS) is 19.6. The van der Waals surface area contributed by atoms with Gasteiger partial charge in [-0.15, -0.1) is 0 Å². The lowest BCUT2D eigenvalue weighted by atomic mass is 9.81. The number of carbonyl (C=O) groups is 1. The zero-order valence-corrected chi connectivity index (χ0v) is 12.0. The molecule has 0 radical (unpaired) electrons. The van der Waals surface area contributed by atoms with Gasteiger partial charge in [0.05, 0.1) is 12.4 Å². The summed E-state index contributed by atoms with van der Waals surface area (Å²) in [4.78, 5) is 16.5. The van der Waals surface area contributed by atoms with Crippen LogP contribution in [-0.4, -0.2) is 21.5 Å². The second-order valence-corrected chi connectivity index (χ2v) is 5.74. The molecule has 1 atom stereocenters. The number of hydrogen-bond acceptors (Lipinski definition) is 3. The second-order valence-electron chi connectivity index (χ2n) is 5.74. The van der Waals surface area contributed by atoms with Crippen molar-refractivity contribution in [2.45, 2.75) is 58.0 Å². The number of imidazole rings is 1. The minimum atomic E-state index is -0.820. The van der Waals surface area contributed by atoms with Crippen LogP contribution in [0.2, 0.25) is 0 Å². The van der Waals surface area contributed by atoms with Gasteiger partial charge in [0.1, 0.15) is 5.41 Å². The summed E-state index contributed by atoms with van der Waals surface area (Å²) in [5, 5.41) is 12.5. The van der Waals surface area contributed by atoms with Crippen molar-refractivity contribution >= 4 is 5.91 Å². The van der Waals surface area contributed by atoms with Crippen molar-refractivity contribution in [1.29, 1.82) is 5.26 Å². The number of nitrogens with one attached hydrogen (secondary N) is 1. The number of aromatic nitrogens is 2. The Kier molecular flexibility index (Phi) is 4.78. The van der Waals surface area contributed by atoms with Gasteiger partial charge in [-0.25, -0.2) is 4.98 Å². The highest BCUT2D eigenvalue weighted by Gasteiger charge is 2.39. The minimum Gasteiger partial charge on any atom is -0.350 e. The van der Waals surface area contributed by atoms with Crippen LogP contribution < -0.4 is 5.32 Å². The van der Waals surface area contributed by atoms with Crippen molar-refractivity contribution < 1.29 is 4.79 Å². The van der Waals surface area contributed by atoms with Gasteiger partial charge in [-0.05, 0) is 19.8 Å². The Morgan fingerprint density at radius 3 is 2.70 bits per heavy atom. The van der Waals surface area contributed by atoms with Gasteiger partial charge in [-0.1, -0.05) is 25.7 Å². The third kappa shape index (κ3) is 3.38. The first kappa shape index (κ1) is 14.6. The van der Waals surface area contributed by atoms with Crippen LogP contribution in [0.25, 0.3) is 0 Å². The molecule has 1 amide bonds. The first-order valence-corrected chi connectivity index (χ1v) is 7.34. The summed E-state index contributed by atoms with van der Waals surface area (Å²) in [5.74, 6) is -0.102. The molecule has 20 heavy (non-hydrogen) atoms. The lowest BCUT2D eigenvalue weighted by Gasteiger charge is -2.26. The summed E-state index contributed by atoms with van der Waals surface area (Å²) in [6, 6.07) is 2.28. The predicted octanol–water partition coefficient (Wildman–Crippen LogP) is 2.25. The monoisotopic (exact) mass is 274 g/mol. The maximum Gasteiger partial charge on any atom is 0.240 e. The van der Waals surface area contributed by atoms with E-state index in [0.717, 1.165) is 25.7 Å². The number of rotatable bonds is 4. The van der Waals surface area contributed by atoms with E-state index in [2.05, 4.69) is 16.4 Å². The highest BCUT2D eigenvalue weighted by atomic mass is 16.2. The SMILES string of the molecule is CC(Cn1ccnc1)NC(=O)C1(C#N)CCCCCC1. The maximum atomic E-state index is 12.5. The molecule has 1 fully saturated rings. The summed E-state index contributed by atoms with van der Waals surface area (Å²) >= 11 is 0. The molecular formula is C15H22N4O. The molecule has 1 aliphatic rings. The van der Waals surface area contributed by atoms with E-state index >= 15 is 0 Å². The molecule has 0 spiro atoms. The average Bonchev–Trinajstić information content (AvgIpc) is 2.80. The lowest BCUT2D eigenvalue weighted by molar-refractivity contribution is -0.129. The molecule has 0 aromatic carbocycles. The molecule has 108 valence electrons. The van der Waals surface area contributed by atoms with Gasteiger partial charge in [0.25, 0.3) is 0 Å². The van der Waals surface area contributed by atoms with E-state index in [-0.39, 0.29) is 11.9 Å². The van der Waals surface area contributed by atoms with Gasteiger partial charge in [0.2, 0.25) is 5.91 Å². The molecule has 1 unspecified atom stereocenters. The molecule has 1 aromatic rings. The van der Waals surface area contributed by atoms with Crippen molar-refractivity contribution in [3.8, 4) is 6.07 Å². The van der Waals surface area contributed by atoms with E-state index < -0.39 is 5.41 Å². The first-order chi connectivity index (χ1) is 9.66. The Balaban J connectivity index is 1.96. The van der Waals surface area contributed by atoms with Crippen molar-refractivity contribution in [2.75, 3.05) is 0 Å². The van der Waals surface area contributed by atoms with Crippen molar-refractivity contribution in [3.63, 3.8) is 0 Å². The molecule has 1 heterocycles. The Morgan fingerprint density at radius 1 is 1.45 bits per heavy atom. The smallest absolute Gasteiger partial charge is 0.240 e. The lowest BCUT2D eigenvalue weighted by Crippen LogP contribution is -2.45. The zero-order chi connectivity index (χ0) is 14.4. The molecule has 0 aliphatic heterocycles. The zero-order valence-electron chi connectivity index (χ0n) is 12.0. The number of nitriles is 1. The fraction of sp³-hybridized carbons (Fsp3) is 0.667. The number of amides is 1. The van der Waals surface area contributed by atoms with Crippen LogP contribution in [0.15, 0.2) is 18.7 Å². The molecule has 1 aliphatic carbocycles. The molecule has 0 bridgehead atoms. The summed E-state index contributed by atoms with van der Waals surface area (Å²) in [6.45, 7) is 2.63. The van der Waals surface area contributed by atoms with Crippen LogP contribution in [-0.2, 0) is 11.3 Å². The first-order valence-electron chi connectivity index (χ1n) is 7.34. The number of nitrogens with zero attached hydrogens (tertiary/aromatic N) is 3. The van der Waals surface area contributed by atoms with E-state index in [4.69, 9.17) is 0 Å². The molecule has 5 heteroatoms. The van der Waals surface area contributed by atoms with Gasteiger partial charge in [0, 0.05) is 25.0 Å². The van der Waals surface area contributed by atoms with Gasteiger partial charge >= 0.3 is 0 Å². The molecule has 1 saturated carbocycles. The summed E-state index contributed by atoms with van der Waals surface area (Å²) in [5.41, 5.74) is -0.820. The van der Waals surface area contributed by atoms with Crippen LogP contribution in [0.4, 0.5) is 0 Å². The number of hydrogen-bond donors (Lipinski definition) is 1. The van der Waals surface area contributed by atoms with Crippen molar-refractivity contribution in [2.24, 2.45) is 5.41 Å². The fourth-order valence-electron chi connectivity index (χ4n) is 2.84. The summed E-state index contributed by atoms with van der Waals surface area (Å²) in [7, 11) is 0. The van der Waals surface area contributed by atoms with Gasteiger partial charge in [-0.2, -0.15) is 5.26 Å². The Morgan fingerprint density at radius 2 is 2.15 bits per heavy atom. The average molecular weight is 274 g/mol. The summed E-state index contributed by atoms with van der Waals surface area (Å²) < 4.78 is 1.93. The standard InChI is InChI=1S/C15H22N4O/c1-13(10-19-9-8-17-12-19)18-14(20)15(11-16)6-4-2-3-5-7-15/h8-9,12-13H,2-7,10H2,1H3,(H,18,20). The van der Waals surface area contributed by atoms with E-state index in [1.54, 1.807) is 12.5 Å². The van der Waals surface area contributed by atoms with Crippen molar-refractivity contribution in [1.82, 2.24) is 14.9 Å². The molecule has 1 aromatic heterocycles. The third-order valence-corrected chi connectivity index (χ3v) is 4.03. The Hall–Kier alpha value is -1.83. The van der Waals surface area contributed by atoms with E-state index in [0.29, 0.717) is 19.4 Å². The van der Waals surface area contributed by atoms with Gasteiger partial charge < -0.3 is 9.88 Å². The highest BCUT2D eigenvalue weighted by molar-refractivity contribution is 5.85. The Bertz CT molecular complexity index is 467. The van der Waals surface area contributed by atoms with Crippen molar-refractivity contribution in [3.05, 3.63) is 18.7 Å². The molecule has 5 nitrogen and oxygen atoms in total. The maximum absolute atomic E-state index is 12.5. The largest absolute Gasteiger partial charge is 0.350 e. The van der Waals surface area contributed by atoms with Crippen LogP contribution in [0.3, 0.4) is 0 Å². The fourth-order valence-corrected chi connectivity index (χ4v) is 2.84. The van der Waals surface area contributed by atoms with Crippen LogP contribution in [0.5, 0.6) is 0 Å². The van der Waals surface area contributed by atoms with Gasteiger partial charge in [0.15, 0.2) is 0 Å². The van der Waals surface area contributed by atoms with E-state index in [9.17, 15) is 10.1 Å². The molecule has 1 N–H and O–H groups in total. The van der Waals surface area contributed by atoms with E-state index in [1.807, 2.05) is 17.7 Å².